The van der Waals surface area contributed by atoms with Crippen LogP contribution in [0.4, 0.5) is 0 Å². The molecular weight excluding hydrogens is 798 g/mol. The molecule has 4 nitrogen and oxygen atoms in total. The van der Waals surface area contributed by atoms with Crippen molar-refractivity contribution in [1.82, 2.24) is 15.0 Å². The number of fused-ring (bicyclic) bond motifs is 3. The van der Waals surface area contributed by atoms with Gasteiger partial charge in [0.2, 0.25) is 0 Å². The van der Waals surface area contributed by atoms with E-state index in [0.717, 1.165) is 82.7 Å². The zero-order valence-electron chi connectivity index (χ0n) is 34.8. The molecule has 9 aromatic carbocycles. The highest BCUT2D eigenvalue weighted by molar-refractivity contribution is 7.85. The highest BCUT2D eigenvalue weighted by Crippen LogP contribution is 2.44. The van der Waals surface area contributed by atoms with Gasteiger partial charge < -0.3 is 4.57 Å². The van der Waals surface area contributed by atoms with Crippen LogP contribution in [0.1, 0.15) is 0 Å². The van der Waals surface area contributed by atoms with Crippen LogP contribution < -0.4 is 15.9 Å². The number of aromatic nitrogens is 3. The summed E-state index contributed by atoms with van der Waals surface area (Å²) in [4.78, 5) is 15.7. The molecule has 2 heterocycles. The van der Waals surface area contributed by atoms with Crippen molar-refractivity contribution in [3.05, 3.63) is 243 Å². The summed E-state index contributed by atoms with van der Waals surface area (Å²) in [5.74, 6) is 0.633. The van der Waals surface area contributed by atoms with Gasteiger partial charge in [0.05, 0.1) is 22.6 Å². The van der Waals surface area contributed by atoms with E-state index in [2.05, 4.69) is 115 Å². The smallest absolute Gasteiger partial charge is 0.171 e. The summed E-state index contributed by atoms with van der Waals surface area (Å²) < 4.78 is 15.1. The quantitative estimate of drug-likeness (QED) is 0.107. The van der Waals surface area contributed by atoms with Gasteiger partial charge in [0.25, 0.3) is 0 Å². The fourth-order valence-corrected chi connectivity index (χ4v) is 11.5. The molecule has 11 aromatic rings. The largest absolute Gasteiger partial charge is 0.309 e. The molecule has 0 spiro atoms. The van der Waals surface area contributed by atoms with E-state index in [4.69, 9.17) is 15.0 Å². The molecule has 0 bridgehead atoms. The second-order valence-electron chi connectivity index (χ2n) is 15.9. The van der Waals surface area contributed by atoms with Crippen LogP contribution in [0.3, 0.4) is 0 Å². The van der Waals surface area contributed by atoms with E-state index in [1.165, 1.54) is 16.5 Å². The minimum Gasteiger partial charge on any atom is -0.309 e. The number of hydrogen-bond donors (Lipinski definition) is 0. The summed E-state index contributed by atoms with van der Waals surface area (Å²) in [6.07, 6.45) is 0. The molecule has 0 N–H and O–H groups in total. The summed E-state index contributed by atoms with van der Waals surface area (Å²) in [5, 5.41) is 5.79. The Hall–Kier alpha value is -8.04. The highest BCUT2D eigenvalue weighted by Gasteiger charge is 2.29. The van der Waals surface area contributed by atoms with Crippen molar-refractivity contribution in [2.24, 2.45) is 0 Å². The van der Waals surface area contributed by atoms with E-state index < -0.39 is 7.14 Å². The van der Waals surface area contributed by atoms with Crippen molar-refractivity contribution >= 4 is 44.7 Å². The summed E-state index contributed by atoms with van der Waals surface area (Å²) >= 11 is 0. The number of rotatable bonds is 9. The van der Waals surface area contributed by atoms with Crippen LogP contribution in [0, 0.1) is 0 Å². The standard InChI is InChI=1S/C59H40N3OP/c63-64(47-24-12-4-13-25-47,48-26-14-5-15-27-48)49-38-36-44(37-39-49)55-40-54(60-59(61-55)46-22-10-3-11-23-46)43-34-32-42(33-35-43)51-29-17-31-53-56-50(41-18-6-1-7-19-41)28-16-30-52(56)57(62-58(51)53)45-20-8-2-9-21-45/h1-40H. The third kappa shape index (κ3) is 7.10. The van der Waals surface area contributed by atoms with Gasteiger partial charge in [-0.3, -0.25) is 0 Å². The van der Waals surface area contributed by atoms with Crippen LogP contribution in [0.2, 0.25) is 0 Å². The first-order valence-corrected chi connectivity index (χ1v) is 23.2. The van der Waals surface area contributed by atoms with Crippen molar-refractivity contribution in [2.45, 2.75) is 0 Å². The molecule has 11 rings (SSSR count). The molecule has 2 aromatic heterocycles. The topological polar surface area (TPSA) is 55.7 Å². The van der Waals surface area contributed by atoms with Crippen LogP contribution in [0.25, 0.3) is 89.1 Å². The van der Waals surface area contributed by atoms with Gasteiger partial charge in [0.1, 0.15) is 0 Å². The van der Waals surface area contributed by atoms with Gasteiger partial charge in [-0.2, -0.15) is 0 Å². The Morgan fingerprint density at radius 3 is 1.30 bits per heavy atom. The van der Waals surface area contributed by atoms with Gasteiger partial charge in [0.15, 0.2) is 13.0 Å². The van der Waals surface area contributed by atoms with E-state index in [1.54, 1.807) is 0 Å². The lowest BCUT2D eigenvalue weighted by Gasteiger charge is -2.20. The molecule has 0 fully saturated rings. The molecule has 0 amide bonds. The average Bonchev–Trinajstić information content (AvgIpc) is 3.39. The van der Waals surface area contributed by atoms with Crippen molar-refractivity contribution < 1.29 is 4.57 Å². The number of hydrogen-bond acceptors (Lipinski definition) is 4. The van der Waals surface area contributed by atoms with Gasteiger partial charge in [-0.1, -0.05) is 237 Å². The Morgan fingerprint density at radius 2 is 0.734 bits per heavy atom. The maximum Gasteiger partial charge on any atom is 0.171 e. The number of para-hydroxylation sites is 1. The van der Waals surface area contributed by atoms with E-state index in [-0.39, 0.29) is 0 Å². The Kier molecular flexibility index (Phi) is 10.1. The van der Waals surface area contributed by atoms with Gasteiger partial charge in [-0.15, -0.1) is 0 Å². The lowest BCUT2D eigenvalue weighted by atomic mass is 9.91. The van der Waals surface area contributed by atoms with Gasteiger partial charge >= 0.3 is 0 Å². The molecule has 0 saturated heterocycles. The third-order valence-corrected chi connectivity index (χ3v) is 15.1. The van der Waals surface area contributed by atoms with E-state index in [1.807, 2.05) is 127 Å². The first-order valence-electron chi connectivity index (χ1n) is 21.5. The maximum absolute atomic E-state index is 15.1. The molecule has 0 unspecified atom stereocenters. The second kappa shape index (κ2) is 16.7. The van der Waals surface area contributed by atoms with Gasteiger partial charge in [0, 0.05) is 59.9 Å². The minimum absolute atomic E-state index is 0.633. The fourth-order valence-electron chi connectivity index (χ4n) is 8.83. The third-order valence-electron chi connectivity index (χ3n) is 12.0. The van der Waals surface area contributed by atoms with Crippen molar-refractivity contribution in [2.75, 3.05) is 0 Å². The monoisotopic (exact) mass is 837 g/mol. The molecular formula is C59H40N3OP. The van der Waals surface area contributed by atoms with Crippen LogP contribution in [0.15, 0.2) is 243 Å². The zero-order valence-corrected chi connectivity index (χ0v) is 35.7. The van der Waals surface area contributed by atoms with E-state index in [0.29, 0.717) is 5.82 Å². The number of nitrogens with zero attached hydrogens (tertiary/aromatic N) is 3. The normalized spacial score (nSPS) is 11.5. The first kappa shape index (κ1) is 38.9. The number of pyridine rings is 1. The predicted molar refractivity (Wildman–Crippen MR) is 267 cm³/mol. The SMILES string of the molecule is O=P(c1ccccc1)(c1ccccc1)c1ccc(-c2cc(-c3ccc(-c4cccc5c4nc(-c4ccccc4)c4cccc(-c6ccccc6)c45)cc3)nc(-c3ccccc3)n2)cc1. The van der Waals surface area contributed by atoms with Crippen molar-refractivity contribution in [3.8, 4) is 67.4 Å². The Bertz CT molecular complexity index is 3430. The summed E-state index contributed by atoms with van der Waals surface area (Å²) in [5.41, 5.74) is 11.8. The van der Waals surface area contributed by atoms with Crippen LogP contribution >= 0.6 is 7.14 Å². The minimum atomic E-state index is -3.13. The lowest BCUT2D eigenvalue weighted by molar-refractivity contribution is 0.592. The molecule has 302 valence electrons. The van der Waals surface area contributed by atoms with Crippen molar-refractivity contribution in [3.63, 3.8) is 0 Å². The molecule has 0 aliphatic carbocycles. The molecule has 0 radical (unpaired) electrons. The van der Waals surface area contributed by atoms with E-state index >= 15 is 4.57 Å². The summed E-state index contributed by atoms with van der Waals surface area (Å²) in [6, 6.07) is 82.5. The Labute approximate surface area is 372 Å². The Morgan fingerprint density at radius 1 is 0.312 bits per heavy atom. The molecule has 64 heavy (non-hydrogen) atoms. The zero-order chi connectivity index (χ0) is 42.9. The van der Waals surface area contributed by atoms with Crippen LogP contribution in [0.5, 0.6) is 0 Å². The number of benzene rings is 9. The van der Waals surface area contributed by atoms with Crippen LogP contribution in [-0.4, -0.2) is 15.0 Å². The molecule has 0 aliphatic heterocycles. The molecule has 0 aliphatic rings. The molecule has 0 saturated carbocycles. The fraction of sp³-hybridized carbons (Fsp3) is 0. The lowest BCUT2D eigenvalue weighted by Crippen LogP contribution is -2.24. The first-order chi connectivity index (χ1) is 31.6. The van der Waals surface area contributed by atoms with Crippen molar-refractivity contribution in [1.29, 1.82) is 0 Å². The predicted octanol–water partition coefficient (Wildman–Crippen LogP) is 13.8. The summed E-state index contributed by atoms with van der Waals surface area (Å²) in [6.45, 7) is 0. The van der Waals surface area contributed by atoms with Crippen LogP contribution in [-0.2, 0) is 4.57 Å². The maximum atomic E-state index is 15.1. The Balaban J connectivity index is 1.02. The van der Waals surface area contributed by atoms with Gasteiger partial charge in [-0.25, -0.2) is 15.0 Å². The summed E-state index contributed by atoms with van der Waals surface area (Å²) in [7, 11) is -3.13. The molecule has 0 atom stereocenters. The van der Waals surface area contributed by atoms with E-state index in [9.17, 15) is 0 Å². The highest BCUT2D eigenvalue weighted by atomic mass is 31.2. The van der Waals surface area contributed by atoms with Gasteiger partial charge in [-0.05, 0) is 22.8 Å². The second-order valence-corrected chi connectivity index (χ2v) is 18.6. The average molecular weight is 838 g/mol. The molecule has 5 heteroatoms.